The number of ether oxygens (including phenoxy) is 3. The van der Waals surface area contributed by atoms with Crippen LogP contribution in [-0.4, -0.2) is 99.8 Å². The number of hydrogen-bond acceptors (Lipinski definition) is 16. The van der Waals surface area contributed by atoms with Crippen molar-refractivity contribution >= 4 is 118 Å². The van der Waals surface area contributed by atoms with Gasteiger partial charge in [0.1, 0.15) is 24.2 Å². The van der Waals surface area contributed by atoms with Gasteiger partial charge in [0.15, 0.2) is 5.82 Å². The number of carbonyl (C=O) groups is 3. The topological polar surface area (TPSA) is 272 Å². The Morgan fingerprint density at radius 1 is 0.446 bits per heavy atom. The van der Waals surface area contributed by atoms with Crippen LogP contribution in [0.4, 0.5) is 23.0 Å². The quantitative estimate of drug-likeness (QED) is 0.0408. The lowest BCUT2D eigenvalue weighted by atomic mass is 10.1. The fourth-order valence-corrected chi connectivity index (χ4v) is 12.9. The summed E-state index contributed by atoms with van der Waals surface area (Å²) in [6.45, 7) is 11.5. The van der Waals surface area contributed by atoms with Gasteiger partial charge in [0.25, 0.3) is 40.1 Å². The van der Waals surface area contributed by atoms with Crippen LogP contribution in [0.25, 0.3) is 21.5 Å². The molecule has 0 aliphatic carbocycles. The van der Waals surface area contributed by atoms with Crippen LogP contribution < -0.4 is 18.1 Å². The first-order chi connectivity index (χ1) is 39.4. The molecule has 0 amide bonds. The summed E-state index contributed by atoms with van der Waals surface area (Å²) in [5, 5.41) is 1.76. The van der Waals surface area contributed by atoms with Gasteiger partial charge >= 0.3 is 17.9 Å². The Bertz CT molecular complexity index is 3810. The van der Waals surface area contributed by atoms with E-state index in [1.807, 2.05) is 27.7 Å². The molecule has 0 aliphatic rings. The number of alkyl halides is 1. The fraction of sp³-hybridized carbons (Fsp3) is 0.224. The summed E-state index contributed by atoms with van der Waals surface area (Å²) in [4.78, 5) is 44.2. The Morgan fingerprint density at radius 3 is 1.25 bits per heavy atom. The highest BCUT2D eigenvalue weighted by Gasteiger charge is 2.34. The van der Waals surface area contributed by atoms with E-state index in [2.05, 4.69) is 40.1 Å². The molecule has 0 radical (unpaired) electrons. The van der Waals surface area contributed by atoms with Crippen molar-refractivity contribution in [2.75, 3.05) is 56.3 Å². The normalized spacial score (nSPS) is 11.5. The lowest BCUT2D eigenvalue weighted by Crippen LogP contribution is -2.38. The SMILES string of the molecule is CCOC(=O)CBr.CCOC(=O)CN(c1cnc(N(CC(=O)OCC)S(=O)(=O)c2ccc(C)cc2)c2ccccc12)S(=O)(=O)c1ccc(C)cc1.Cc1ccc(S(=O)(=O)Nc2cnc(NS(=O)(=O)c3ccc(C)cc3)c3ccccc23)cc1. The number of carbonyl (C=O) groups excluding carboxylic acids is 3. The van der Waals surface area contributed by atoms with Gasteiger partial charge in [-0.2, -0.15) is 0 Å². The number of anilines is 4. The van der Waals surface area contributed by atoms with Gasteiger partial charge in [-0.3, -0.25) is 28.1 Å². The second kappa shape index (κ2) is 28.3. The average Bonchev–Trinajstić information content (AvgIpc) is 3.47. The zero-order valence-electron chi connectivity index (χ0n) is 46.3. The van der Waals surface area contributed by atoms with Crippen molar-refractivity contribution in [3.63, 3.8) is 0 Å². The summed E-state index contributed by atoms with van der Waals surface area (Å²) >= 11 is 2.94. The molecule has 6 aromatic carbocycles. The number of pyridine rings is 2. The van der Waals surface area contributed by atoms with Gasteiger partial charge < -0.3 is 14.2 Å². The Labute approximate surface area is 492 Å². The third-order valence-electron chi connectivity index (χ3n) is 12.0. The average molecular weight is 1270 g/mol. The summed E-state index contributed by atoms with van der Waals surface area (Å²) < 4.78 is 129. The first kappa shape index (κ1) is 64.2. The molecule has 0 aliphatic heterocycles. The first-order valence-corrected chi connectivity index (χ1v) is 32.5. The highest BCUT2D eigenvalue weighted by atomic mass is 79.9. The molecule has 2 aromatic heterocycles. The molecule has 0 spiro atoms. The van der Waals surface area contributed by atoms with Gasteiger partial charge in [0.05, 0.1) is 63.2 Å². The summed E-state index contributed by atoms with van der Waals surface area (Å²) in [5.41, 5.74) is 3.83. The Morgan fingerprint density at radius 2 is 0.819 bits per heavy atom. The van der Waals surface area contributed by atoms with Gasteiger partial charge in [-0.15, -0.1) is 0 Å². The second-order valence-corrected chi connectivity index (χ2v) is 25.8. The lowest BCUT2D eigenvalue weighted by Gasteiger charge is -2.27. The van der Waals surface area contributed by atoms with E-state index < -0.39 is 65.1 Å². The van der Waals surface area contributed by atoms with E-state index in [-0.39, 0.29) is 72.5 Å². The summed E-state index contributed by atoms with van der Waals surface area (Å²) in [5.74, 6) is -1.81. The minimum Gasteiger partial charge on any atom is -0.465 e. The number of hydrogen-bond donors (Lipinski definition) is 2. The number of nitrogens with zero attached hydrogens (tertiary/aromatic N) is 4. The summed E-state index contributed by atoms with van der Waals surface area (Å²) in [7, 11) is -16.4. The van der Waals surface area contributed by atoms with Gasteiger partial charge in [-0.25, -0.2) is 47.9 Å². The molecule has 2 N–H and O–H groups in total. The maximum atomic E-state index is 14.0. The molecule has 0 unspecified atom stereocenters. The van der Waals surface area contributed by atoms with Crippen LogP contribution in [-0.2, 0) is 68.7 Å². The molecule has 8 aromatic rings. The largest absolute Gasteiger partial charge is 0.465 e. The van der Waals surface area contributed by atoms with Crippen LogP contribution in [0, 0.1) is 27.7 Å². The van der Waals surface area contributed by atoms with Crippen molar-refractivity contribution in [3.8, 4) is 0 Å². The molecule has 0 saturated heterocycles. The lowest BCUT2D eigenvalue weighted by molar-refractivity contribution is -0.142. The predicted octanol–water partition coefficient (Wildman–Crippen LogP) is 9.77. The standard InChI is InChI=1S/C31H33N3O8S2.C23H21N3O4S2.C4H7BrO2/c1-5-41-29(35)20-33(43(37,38)24-15-11-22(3)12-16-24)28-19-32-31(27-10-8-7-9-26(27)28)34(21-30(36)42-6-2)44(39,40)25-17-13-23(4)14-18-25;1-16-7-11-18(12-8-16)31(27,28)25-22-15-24-23(21-6-4-3-5-20(21)22)26-32(29,30)19-13-9-17(2)10-14-19;1-2-7-4(6)3-5/h7-19H,5-6,20-21H2,1-4H3;3-15,25H,1-2H3,(H,24,26);2-3H2,1H3. The molecule has 0 fully saturated rings. The van der Waals surface area contributed by atoms with Crippen molar-refractivity contribution in [1.82, 2.24) is 9.97 Å². The van der Waals surface area contributed by atoms with Crippen molar-refractivity contribution in [3.05, 3.63) is 180 Å². The molecule has 0 atom stereocenters. The number of aromatic nitrogens is 2. The van der Waals surface area contributed by atoms with E-state index in [9.17, 15) is 48.1 Å². The molecule has 8 rings (SSSR count). The molecule has 83 heavy (non-hydrogen) atoms. The number of halogens is 1. The monoisotopic (exact) mass is 1270 g/mol. The van der Waals surface area contributed by atoms with Crippen LogP contribution in [0.2, 0.25) is 0 Å². The van der Waals surface area contributed by atoms with Crippen molar-refractivity contribution in [2.45, 2.75) is 68.0 Å². The molecular formula is C58H61BrN6O14S4. The first-order valence-electron chi connectivity index (χ1n) is 25.5. The highest BCUT2D eigenvalue weighted by molar-refractivity contribution is 9.09. The zero-order valence-corrected chi connectivity index (χ0v) is 51.1. The Balaban J connectivity index is 0.000000248. The second-order valence-electron chi connectivity index (χ2n) is 18.1. The molecule has 438 valence electrons. The van der Waals surface area contributed by atoms with Crippen LogP contribution in [0.3, 0.4) is 0 Å². The van der Waals surface area contributed by atoms with Crippen molar-refractivity contribution in [1.29, 1.82) is 0 Å². The number of rotatable bonds is 20. The van der Waals surface area contributed by atoms with Crippen LogP contribution in [0.1, 0.15) is 43.0 Å². The minimum absolute atomic E-state index is 0.0156. The van der Waals surface area contributed by atoms with Crippen molar-refractivity contribution < 1.29 is 62.3 Å². The molecule has 25 heteroatoms. The smallest absolute Gasteiger partial charge is 0.326 e. The third kappa shape index (κ3) is 16.4. The number of benzene rings is 6. The number of fused-ring (bicyclic) bond motifs is 2. The zero-order chi connectivity index (χ0) is 60.7. The molecule has 20 nitrogen and oxygen atoms in total. The molecule has 0 bridgehead atoms. The number of esters is 3. The number of nitrogens with one attached hydrogen (secondary N) is 2. The van der Waals surface area contributed by atoms with E-state index in [4.69, 9.17) is 9.47 Å². The van der Waals surface area contributed by atoms with Gasteiger partial charge in [-0.1, -0.05) is 135 Å². The molecular weight excluding hydrogens is 1210 g/mol. The van der Waals surface area contributed by atoms with Gasteiger partial charge in [-0.05, 0) is 97.0 Å². The van der Waals surface area contributed by atoms with Crippen LogP contribution in [0.5, 0.6) is 0 Å². The molecule has 0 saturated carbocycles. The van der Waals surface area contributed by atoms with Crippen LogP contribution >= 0.6 is 15.9 Å². The highest BCUT2D eigenvalue weighted by Crippen LogP contribution is 2.37. The Hall–Kier alpha value is -7.97. The molecule has 2 heterocycles. The number of sulfonamides is 4. The minimum atomic E-state index is -4.35. The van der Waals surface area contributed by atoms with E-state index >= 15 is 0 Å². The van der Waals surface area contributed by atoms with Crippen LogP contribution in [0.15, 0.2) is 178 Å². The number of aryl methyl sites for hydroxylation is 4. The fourth-order valence-electron chi connectivity index (χ4n) is 7.84. The van der Waals surface area contributed by atoms with E-state index in [0.29, 0.717) is 22.7 Å². The van der Waals surface area contributed by atoms with E-state index in [0.717, 1.165) is 30.9 Å². The van der Waals surface area contributed by atoms with Crippen molar-refractivity contribution in [2.24, 2.45) is 0 Å². The third-order valence-corrected chi connectivity index (χ3v) is 18.7. The Kier molecular flexibility index (Phi) is 21.9. The maximum Gasteiger partial charge on any atom is 0.326 e. The summed E-state index contributed by atoms with van der Waals surface area (Å²) in [6.07, 6.45) is 2.48. The predicted molar refractivity (Wildman–Crippen MR) is 323 cm³/mol. The van der Waals surface area contributed by atoms with E-state index in [1.54, 1.807) is 118 Å². The maximum absolute atomic E-state index is 14.0. The van der Waals surface area contributed by atoms with E-state index in [1.165, 1.54) is 60.9 Å². The van der Waals surface area contributed by atoms with Gasteiger partial charge in [0, 0.05) is 21.5 Å². The van der Waals surface area contributed by atoms with Gasteiger partial charge in [0.2, 0.25) is 0 Å². The summed E-state index contributed by atoms with van der Waals surface area (Å²) in [6, 6.07) is 38.5.